The van der Waals surface area contributed by atoms with E-state index in [1.165, 1.54) is 37.1 Å². The van der Waals surface area contributed by atoms with Crippen LogP contribution in [0.15, 0.2) is 24.3 Å². The summed E-state index contributed by atoms with van der Waals surface area (Å²) in [6.07, 6.45) is 6.83. The zero-order chi connectivity index (χ0) is 16.1. The maximum absolute atomic E-state index is 11.7. The monoisotopic (exact) mass is 314 g/mol. The second-order valence-electron chi connectivity index (χ2n) is 7.18. The van der Waals surface area contributed by atoms with E-state index in [0.717, 1.165) is 44.8 Å². The molecule has 3 heteroatoms. The minimum Gasteiger partial charge on any atom is -0.343 e. The van der Waals surface area contributed by atoms with Crippen molar-refractivity contribution >= 4 is 5.91 Å². The van der Waals surface area contributed by atoms with Gasteiger partial charge in [0.1, 0.15) is 0 Å². The number of benzene rings is 1. The molecule has 0 radical (unpaired) electrons. The Labute approximate surface area is 140 Å². The second kappa shape index (κ2) is 7.96. The van der Waals surface area contributed by atoms with Crippen LogP contribution in [0.2, 0.25) is 0 Å². The lowest BCUT2D eigenvalue weighted by Gasteiger charge is -2.32. The number of rotatable bonds is 5. The van der Waals surface area contributed by atoms with E-state index in [9.17, 15) is 4.79 Å². The fourth-order valence-electron chi connectivity index (χ4n) is 3.92. The molecule has 0 N–H and O–H groups in total. The number of likely N-dealkylation sites (tertiary alicyclic amines) is 2. The summed E-state index contributed by atoms with van der Waals surface area (Å²) in [5, 5.41) is 0. The Balaban J connectivity index is 1.46. The first-order valence-corrected chi connectivity index (χ1v) is 9.32. The van der Waals surface area contributed by atoms with E-state index in [4.69, 9.17) is 0 Å². The number of amides is 1. The molecule has 0 bridgehead atoms. The van der Waals surface area contributed by atoms with Gasteiger partial charge in [-0.1, -0.05) is 31.2 Å². The summed E-state index contributed by atoms with van der Waals surface area (Å²) in [4.78, 5) is 16.3. The van der Waals surface area contributed by atoms with Crippen molar-refractivity contribution < 1.29 is 4.79 Å². The lowest BCUT2D eigenvalue weighted by Crippen LogP contribution is -2.38. The zero-order valence-corrected chi connectivity index (χ0v) is 14.5. The molecule has 0 unspecified atom stereocenters. The van der Waals surface area contributed by atoms with E-state index in [1.54, 1.807) is 0 Å². The summed E-state index contributed by atoms with van der Waals surface area (Å²) >= 11 is 0. The Morgan fingerprint density at radius 1 is 1.00 bits per heavy atom. The van der Waals surface area contributed by atoms with Gasteiger partial charge in [0.2, 0.25) is 5.91 Å². The van der Waals surface area contributed by atoms with Crippen LogP contribution in [0.25, 0.3) is 0 Å². The largest absolute Gasteiger partial charge is 0.343 e. The second-order valence-corrected chi connectivity index (χ2v) is 7.18. The Morgan fingerprint density at radius 3 is 2.22 bits per heavy atom. The van der Waals surface area contributed by atoms with Crippen molar-refractivity contribution in [2.24, 2.45) is 5.92 Å². The average Bonchev–Trinajstić information content (AvgIpc) is 3.10. The molecule has 1 aromatic rings. The quantitative estimate of drug-likeness (QED) is 0.831. The Morgan fingerprint density at radius 2 is 1.61 bits per heavy atom. The van der Waals surface area contributed by atoms with Gasteiger partial charge in [0.05, 0.1) is 0 Å². The molecule has 3 rings (SSSR count). The summed E-state index contributed by atoms with van der Waals surface area (Å²) in [5.41, 5.74) is 2.90. The minimum absolute atomic E-state index is 0.315. The molecule has 2 aliphatic heterocycles. The number of carbonyl (C=O) groups excluding carboxylic acids is 1. The average molecular weight is 314 g/mol. The molecule has 126 valence electrons. The standard InChI is InChI=1S/C20H30N2O/c1-2-20(23)22-13-9-18(10-14-22)15-17-5-7-19(8-6-17)16-21-11-3-4-12-21/h5-8,18H,2-4,9-16H2,1H3. The highest BCUT2D eigenvalue weighted by Gasteiger charge is 2.21. The van der Waals surface area contributed by atoms with Gasteiger partial charge in [-0.3, -0.25) is 9.69 Å². The molecule has 1 aromatic carbocycles. The van der Waals surface area contributed by atoms with Gasteiger partial charge in [0.25, 0.3) is 0 Å². The van der Waals surface area contributed by atoms with Gasteiger partial charge in [0, 0.05) is 26.1 Å². The molecule has 0 aliphatic carbocycles. The van der Waals surface area contributed by atoms with E-state index in [-0.39, 0.29) is 0 Å². The van der Waals surface area contributed by atoms with E-state index in [2.05, 4.69) is 29.2 Å². The fourth-order valence-corrected chi connectivity index (χ4v) is 3.92. The summed E-state index contributed by atoms with van der Waals surface area (Å²) in [7, 11) is 0. The summed E-state index contributed by atoms with van der Waals surface area (Å²) in [5.74, 6) is 1.05. The van der Waals surface area contributed by atoms with Crippen LogP contribution in [0.1, 0.15) is 50.2 Å². The number of piperidine rings is 1. The van der Waals surface area contributed by atoms with Crippen LogP contribution in [-0.4, -0.2) is 41.9 Å². The summed E-state index contributed by atoms with van der Waals surface area (Å²) in [6, 6.07) is 9.25. The molecule has 0 saturated carbocycles. The topological polar surface area (TPSA) is 23.6 Å². The summed E-state index contributed by atoms with van der Waals surface area (Å²) < 4.78 is 0. The van der Waals surface area contributed by atoms with Crippen molar-refractivity contribution in [2.45, 2.75) is 52.0 Å². The molecule has 0 spiro atoms. The van der Waals surface area contributed by atoms with E-state index in [0.29, 0.717) is 12.3 Å². The normalized spacial score (nSPS) is 20.1. The number of nitrogens with zero attached hydrogens (tertiary/aromatic N) is 2. The molecule has 2 saturated heterocycles. The molecule has 1 amide bonds. The van der Waals surface area contributed by atoms with Crippen LogP contribution in [0, 0.1) is 5.92 Å². The lowest BCUT2D eigenvalue weighted by atomic mass is 9.90. The Kier molecular flexibility index (Phi) is 5.71. The van der Waals surface area contributed by atoms with Crippen molar-refractivity contribution in [1.82, 2.24) is 9.80 Å². The van der Waals surface area contributed by atoms with Crippen LogP contribution in [0.5, 0.6) is 0 Å². The zero-order valence-electron chi connectivity index (χ0n) is 14.5. The highest BCUT2D eigenvalue weighted by molar-refractivity contribution is 5.75. The Hall–Kier alpha value is -1.35. The SMILES string of the molecule is CCC(=O)N1CCC(Cc2ccc(CN3CCCC3)cc2)CC1. The van der Waals surface area contributed by atoms with Gasteiger partial charge in [-0.05, 0) is 62.2 Å². The van der Waals surface area contributed by atoms with Gasteiger partial charge in [0.15, 0.2) is 0 Å². The summed E-state index contributed by atoms with van der Waals surface area (Å²) in [6.45, 7) is 7.48. The third kappa shape index (κ3) is 4.57. The van der Waals surface area contributed by atoms with E-state index in [1.807, 2.05) is 11.8 Å². The van der Waals surface area contributed by atoms with Crippen molar-refractivity contribution in [2.75, 3.05) is 26.2 Å². The smallest absolute Gasteiger partial charge is 0.222 e. The van der Waals surface area contributed by atoms with Gasteiger partial charge in [-0.25, -0.2) is 0 Å². The maximum atomic E-state index is 11.7. The van der Waals surface area contributed by atoms with Crippen LogP contribution in [-0.2, 0) is 17.8 Å². The van der Waals surface area contributed by atoms with Crippen molar-refractivity contribution in [3.63, 3.8) is 0 Å². The number of hydrogen-bond acceptors (Lipinski definition) is 2. The van der Waals surface area contributed by atoms with E-state index < -0.39 is 0 Å². The first kappa shape index (κ1) is 16.5. The van der Waals surface area contributed by atoms with Crippen LogP contribution < -0.4 is 0 Å². The molecular formula is C20H30N2O. The first-order valence-electron chi connectivity index (χ1n) is 9.32. The van der Waals surface area contributed by atoms with Gasteiger partial charge < -0.3 is 4.90 Å². The molecule has 0 atom stereocenters. The minimum atomic E-state index is 0.315. The molecule has 0 aromatic heterocycles. The highest BCUT2D eigenvalue weighted by atomic mass is 16.2. The Bertz CT molecular complexity index is 497. The molecule has 2 heterocycles. The van der Waals surface area contributed by atoms with Crippen molar-refractivity contribution in [3.8, 4) is 0 Å². The van der Waals surface area contributed by atoms with Crippen LogP contribution in [0.4, 0.5) is 0 Å². The van der Waals surface area contributed by atoms with Crippen molar-refractivity contribution in [1.29, 1.82) is 0 Å². The molecule has 23 heavy (non-hydrogen) atoms. The lowest BCUT2D eigenvalue weighted by molar-refractivity contribution is -0.132. The fraction of sp³-hybridized carbons (Fsp3) is 0.650. The predicted molar refractivity (Wildman–Crippen MR) is 94.3 cm³/mol. The first-order chi connectivity index (χ1) is 11.2. The number of hydrogen-bond donors (Lipinski definition) is 0. The van der Waals surface area contributed by atoms with E-state index >= 15 is 0 Å². The highest BCUT2D eigenvalue weighted by Crippen LogP contribution is 2.22. The molecular weight excluding hydrogens is 284 g/mol. The van der Waals surface area contributed by atoms with Gasteiger partial charge in [-0.15, -0.1) is 0 Å². The van der Waals surface area contributed by atoms with Gasteiger partial charge >= 0.3 is 0 Å². The van der Waals surface area contributed by atoms with Gasteiger partial charge in [-0.2, -0.15) is 0 Å². The third-order valence-corrected chi connectivity index (χ3v) is 5.42. The van der Waals surface area contributed by atoms with Crippen LogP contribution >= 0.6 is 0 Å². The predicted octanol–water partition coefficient (Wildman–Crippen LogP) is 3.47. The third-order valence-electron chi connectivity index (χ3n) is 5.42. The molecule has 3 nitrogen and oxygen atoms in total. The van der Waals surface area contributed by atoms with Crippen LogP contribution in [0.3, 0.4) is 0 Å². The number of carbonyl (C=O) groups is 1. The molecule has 2 aliphatic rings. The van der Waals surface area contributed by atoms with Crippen molar-refractivity contribution in [3.05, 3.63) is 35.4 Å². The maximum Gasteiger partial charge on any atom is 0.222 e. The molecule has 2 fully saturated rings.